The number of hydrogen-bond acceptors (Lipinski definition) is 5. The summed E-state index contributed by atoms with van der Waals surface area (Å²) in [4.78, 5) is 8.88. The lowest BCUT2D eigenvalue weighted by molar-refractivity contribution is -0.0935. The van der Waals surface area contributed by atoms with E-state index < -0.39 is 0 Å². The van der Waals surface area contributed by atoms with Gasteiger partial charge in [0.1, 0.15) is 11.9 Å². The van der Waals surface area contributed by atoms with Crippen LogP contribution in [0.15, 0.2) is 6.07 Å². The maximum atomic E-state index is 5.60. The molecule has 0 bridgehead atoms. The second-order valence-corrected chi connectivity index (χ2v) is 4.11. The molecule has 0 spiro atoms. The van der Waals surface area contributed by atoms with E-state index >= 15 is 0 Å². The fourth-order valence-corrected chi connectivity index (χ4v) is 1.72. The first-order chi connectivity index (χ1) is 8.29. The number of aryl methyl sites for hydroxylation is 1. The van der Waals surface area contributed by atoms with Crippen molar-refractivity contribution in [3.8, 4) is 0 Å². The van der Waals surface area contributed by atoms with Gasteiger partial charge in [0.25, 0.3) is 0 Å². The molecule has 0 amide bonds. The van der Waals surface area contributed by atoms with Crippen molar-refractivity contribution < 1.29 is 9.47 Å². The summed E-state index contributed by atoms with van der Waals surface area (Å²) in [7, 11) is 0. The van der Waals surface area contributed by atoms with E-state index in [4.69, 9.17) is 9.47 Å². The minimum atomic E-state index is -0.133. The lowest BCUT2D eigenvalue weighted by atomic mass is 10.3. The van der Waals surface area contributed by atoms with Crippen LogP contribution in [0.3, 0.4) is 0 Å². The molecule has 2 heterocycles. The van der Waals surface area contributed by atoms with Gasteiger partial charge in [-0.05, 0) is 13.3 Å². The first-order valence-corrected chi connectivity index (χ1v) is 6.08. The van der Waals surface area contributed by atoms with Gasteiger partial charge in [0.05, 0.1) is 19.8 Å². The number of anilines is 1. The van der Waals surface area contributed by atoms with Crippen LogP contribution in [0.5, 0.6) is 0 Å². The molecule has 1 unspecified atom stereocenters. The van der Waals surface area contributed by atoms with Crippen molar-refractivity contribution in [3.63, 3.8) is 0 Å². The van der Waals surface area contributed by atoms with Crippen molar-refractivity contribution in [1.82, 2.24) is 9.97 Å². The zero-order chi connectivity index (χ0) is 12.1. The Morgan fingerprint density at radius 2 is 2.29 bits per heavy atom. The van der Waals surface area contributed by atoms with Gasteiger partial charge in [0, 0.05) is 18.3 Å². The number of ether oxygens (including phenoxy) is 2. The molecule has 1 aromatic rings. The summed E-state index contributed by atoms with van der Waals surface area (Å²) in [6, 6.07) is 1.95. The van der Waals surface area contributed by atoms with Crippen molar-refractivity contribution >= 4 is 5.82 Å². The summed E-state index contributed by atoms with van der Waals surface area (Å²) in [5, 5.41) is 3.27. The van der Waals surface area contributed by atoms with Gasteiger partial charge >= 0.3 is 0 Å². The molecular formula is C12H19N3O2. The van der Waals surface area contributed by atoms with Crippen LogP contribution in [0, 0.1) is 6.92 Å². The average Bonchev–Trinajstić information content (AvgIpc) is 2.37. The Labute approximate surface area is 102 Å². The smallest absolute Gasteiger partial charge is 0.162 e. The summed E-state index contributed by atoms with van der Waals surface area (Å²) in [5.41, 5.74) is 0.947. The van der Waals surface area contributed by atoms with Crippen LogP contribution >= 0.6 is 0 Å². The molecule has 1 atom stereocenters. The van der Waals surface area contributed by atoms with Gasteiger partial charge in [0.2, 0.25) is 0 Å². The highest BCUT2D eigenvalue weighted by atomic mass is 16.6. The minimum absolute atomic E-state index is 0.133. The fourth-order valence-electron chi connectivity index (χ4n) is 1.72. The second kappa shape index (κ2) is 5.93. The summed E-state index contributed by atoms with van der Waals surface area (Å²) in [6.07, 6.45) is 0.937. The quantitative estimate of drug-likeness (QED) is 0.863. The van der Waals surface area contributed by atoms with Crippen molar-refractivity contribution in [2.45, 2.75) is 26.4 Å². The van der Waals surface area contributed by atoms with Crippen LogP contribution in [0.25, 0.3) is 0 Å². The Morgan fingerprint density at radius 1 is 1.41 bits per heavy atom. The molecular weight excluding hydrogens is 218 g/mol. The molecule has 1 N–H and O–H groups in total. The normalized spacial score (nSPS) is 20.2. The third-order valence-electron chi connectivity index (χ3n) is 2.53. The van der Waals surface area contributed by atoms with Crippen LogP contribution in [0.1, 0.15) is 31.0 Å². The first kappa shape index (κ1) is 12.3. The van der Waals surface area contributed by atoms with Gasteiger partial charge in [-0.3, -0.25) is 0 Å². The summed E-state index contributed by atoms with van der Waals surface area (Å²) in [6.45, 7) is 6.81. The highest BCUT2D eigenvalue weighted by molar-refractivity contribution is 5.35. The van der Waals surface area contributed by atoms with Crippen LogP contribution < -0.4 is 5.32 Å². The maximum absolute atomic E-state index is 5.60. The van der Waals surface area contributed by atoms with Gasteiger partial charge in [-0.2, -0.15) is 0 Å². The Bertz CT molecular complexity index is 365. The highest BCUT2D eigenvalue weighted by Crippen LogP contribution is 2.19. The van der Waals surface area contributed by atoms with E-state index in [1.165, 1.54) is 0 Å². The Balaban J connectivity index is 2.12. The van der Waals surface area contributed by atoms with Crippen molar-refractivity contribution in [2.75, 3.05) is 31.7 Å². The zero-order valence-electron chi connectivity index (χ0n) is 10.4. The predicted octanol–water partition coefficient (Wildman–Crippen LogP) is 1.69. The molecule has 0 aliphatic carbocycles. The van der Waals surface area contributed by atoms with Crippen LogP contribution in [0.2, 0.25) is 0 Å². The van der Waals surface area contributed by atoms with E-state index in [0.717, 1.165) is 24.5 Å². The van der Waals surface area contributed by atoms with Gasteiger partial charge in [-0.1, -0.05) is 6.92 Å². The Hall–Kier alpha value is -1.20. The molecule has 1 saturated heterocycles. The van der Waals surface area contributed by atoms with Crippen molar-refractivity contribution in [3.05, 3.63) is 17.6 Å². The summed E-state index contributed by atoms with van der Waals surface area (Å²) < 4.78 is 11.0. The largest absolute Gasteiger partial charge is 0.376 e. The second-order valence-electron chi connectivity index (χ2n) is 4.11. The SMILES string of the molecule is CCCNc1cc(C)nc(C2COCCO2)n1. The third kappa shape index (κ3) is 3.38. The number of rotatable bonds is 4. The number of hydrogen-bond donors (Lipinski definition) is 1. The average molecular weight is 237 g/mol. The molecule has 1 aliphatic heterocycles. The van der Waals surface area contributed by atoms with Crippen LogP contribution in [-0.2, 0) is 9.47 Å². The zero-order valence-corrected chi connectivity index (χ0v) is 10.4. The molecule has 1 aliphatic rings. The molecule has 0 radical (unpaired) electrons. The Kier molecular flexibility index (Phi) is 4.28. The molecule has 5 heteroatoms. The van der Waals surface area contributed by atoms with Crippen LogP contribution in [0.4, 0.5) is 5.82 Å². The minimum Gasteiger partial charge on any atom is -0.376 e. The summed E-state index contributed by atoms with van der Waals surface area (Å²) in [5.74, 6) is 1.58. The molecule has 0 saturated carbocycles. The molecule has 17 heavy (non-hydrogen) atoms. The third-order valence-corrected chi connectivity index (χ3v) is 2.53. The number of aromatic nitrogens is 2. The van der Waals surface area contributed by atoms with E-state index in [2.05, 4.69) is 22.2 Å². The molecule has 2 rings (SSSR count). The van der Waals surface area contributed by atoms with Gasteiger partial charge in [0.15, 0.2) is 5.82 Å². The predicted molar refractivity (Wildman–Crippen MR) is 65.1 cm³/mol. The van der Waals surface area contributed by atoms with E-state index in [9.17, 15) is 0 Å². The Morgan fingerprint density at radius 3 is 3.00 bits per heavy atom. The molecule has 1 aromatic heterocycles. The number of nitrogens with zero attached hydrogens (tertiary/aromatic N) is 2. The fraction of sp³-hybridized carbons (Fsp3) is 0.667. The van der Waals surface area contributed by atoms with E-state index in [1.807, 2.05) is 13.0 Å². The monoisotopic (exact) mass is 237 g/mol. The maximum Gasteiger partial charge on any atom is 0.162 e. The lowest BCUT2D eigenvalue weighted by Crippen LogP contribution is -2.24. The first-order valence-electron chi connectivity index (χ1n) is 6.08. The highest BCUT2D eigenvalue weighted by Gasteiger charge is 2.20. The lowest BCUT2D eigenvalue weighted by Gasteiger charge is -2.22. The van der Waals surface area contributed by atoms with E-state index in [1.54, 1.807) is 0 Å². The molecule has 5 nitrogen and oxygen atoms in total. The van der Waals surface area contributed by atoms with Crippen molar-refractivity contribution in [1.29, 1.82) is 0 Å². The topological polar surface area (TPSA) is 56.3 Å². The number of nitrogens with one attached hydrogen (secondary N) is 1. The molecule has 0 aromatic carbocycles. The molecule has 94 valence electrons. The van der Waals surface area contributed by atoms with E-state index in [0.29, 0.717) is 25.6 Å². The standard InChI is InChI=1S/C12H19N3O2/c1-3-4-13-11-7-9(2)14-12(15-11)10-8-16-5-6-17-10/h7,10H,3-6,8H2,1-2H3,(H,13,14,15). The van der Waals surface area contributed by atoms with Crippen molar-refractivity contribution in [2.24, 2.45) is 0 Å². The van der Waals surface area contributed by atoms with Gasteiger partial charge in [-0.25, -0.2) is 9.97 Å². The molecule has 1 fully saturated rings. The van der Waals surface area contributed by atoms with Gasteiger partial charge < -0.3 is 14.8 Å². The summed E-state index contributed by atoms with van der Waals surface area (Å²) >= 11 is 0. The van der Waals surface area contributed by atoms with Crippen LogP contribution in [-0.4, -0.2) is 36.3 Å². The van der Waals surface area contributed by atoms with E-state index in [-0.39, 0.29) is 6.10 Å². The van der Waals surface area contributed by atoms with Gasteiger partial charge in [-0.15, -0.1) is 0 Å².